The Hall–Kier alpha value is -1.74. The maximum atomic E-state index is 6.07. The van der Waals surface area contributed by atoms with Crippen molar-refractivity contribution in [3.63, 3.8) is 0 Å². The normalized spacial score (nSPS) is 17.3. The number of hydrogen-bond donors (Lipinski definition) is 0. The Morgan fingerprint density at radius 1 is 1.05 bits per heavy atom. The molecule has 0 spiro atoms. The fraction of sp³-hybridized carbons (Fsp3) is 0.188. The topological polar surface area (TPSA) is 21.6 Å². The summed E-state index contributed by atoms with van der Waals surface area (Å²) < 4.78 is 6.07. The molecule has 19 heavy (non-hydrogen) atoms. The van der Waals surface area contributed by atoms with Gasteiger partial charge in [0.1, 0.15) is 6.10 Å². The van der Waals surface area contributed by atoms with Crippen molar-refractivity contribution in [2.45, 2.75) is 6.10 Å². The van der Waals surface area contributed by atoms with Crippen LogP contribution in [0.3, 0.4) is 0 Å². The van der Waals surface area contributed by atoms with E-state index < -0.39 is 0 Å². The quantitative estimate of drug-likeness (QED) is 0.833. The first-order valence-corrected chi connectivity index (χ1v) is 7.66. The van der Waals surface area contributed by atoms with Crippen LogP contribution in [0.2, 0.25) is 0 Å². The van der Waals surface area contributed by atoms with Crippen molar-refractivity contribution >= 4 is 23.3 Å². The summed E-state index contributed by atoms with van der Waals surface area (Å²) in [5, 5.41) is 0. The smallest absolute Gasteiger partial charge is 0.221 e. The van der Waals surface area contributed by atoms with Gasteiger partial charge in [0.05, 0.1) is 5.69 Å². The molecule has 1 heterocycles. The lowest BCUT2D eigenvalue weighted by Gasteiger charge is -2.25. The van der Waals surface area contributed by atoms with Gasteiger partial charge in [-0.2, -0.15) is 11.8 Å². The van der Waals surface area contributed by atoms with Gasteiger partial charge in [0, 0.05) is 16.9 Å². The number of nitrogens with zero attached hydrogens (tertiary/aromatic N) is 1. The van der Waals surface area contributed by atoms with Crippen molar-refractivity contribution in [1.82, 2.24) is 0 Å². The van der Waals surface area contributed by atoms with E-state index in [0.717, 1.165) is 22.9 Å². The summed E-state index contributed by atoms with van der Waals surface area (Å²) in [5.41, 5.74) is 3.23. The van der Waals surface area contributed by atoms with E-state index in [2.05, 4.69) is 17.3 Å². The molecule has 0 fully saturated rings. The molecule has 1 unspecified atom stereocenters. The first-order valence-electron chi connectivity index (χ1n) is 6.27. The van der Waals surface area contributed by atoms with Crippen molar-refractivity contribution in [3.05, 3.63) is 65.7 Å². The molecule has 0 aliphatic carbocycles. The number of aliphatic imine (C=N–C) groups is 1. The molecule has 2 aromatic carbocycles. The minimum Gasteiger partial charge on any atom is -0.468 e. The van der Waals surface area contributed by atoms with Gasteiger partial charge in [0.25, 0.3) is 0 Å². The summed E-state index contributed by atoms with van der Waals surface area (Å²) in [4.78, 5) is 4.63. The fourth-order valence-electron chi connectivity index (χ4n) is 2.18. The Labute approximate surface area is 117 Å². The van der Waals surface area contributed by atoms with Crippen molar-refractivity contribution in [1.29, 1.82) is 0 Å². The van der Waals surface area contributed by atoms with Gasteiger partial charge in [-0.05, 0) is 24.5 Å². The molecular formula is C16H15NOS. The van der Waals surface area contributed by atoms with E-state index in [9.17, 15) is 0 Å². The standard InChI is InChI=1S/C16H15NOS/c1-19-11-15-13-9-5-6-10-14(13)17-16(18-15)12-7-3-2-4-8-12/h2-10,15H,11H2,1H3. The summed E-state index contributed by atoms with van der Waals surface area (Å²) in [6.45, 7) is 0. The number of benzene rings is 2. The zero-order valence-electron chi connectivity index (χ0n) is 10.7. The number of hydrogen-bond acceptors (Lipinski definition) is 3. The van der Waals surface area contributed by atoms with Crippen molar-refractivity contribution in [3.8, 4) is 0 Å². The molecule has 3 rings (SSSR count). The molecule has 0 radical (unpaired) electrons. The number of rotatable bonds is 3. The molecule has 1 atom stereocenters. The highest BCUT2D eigenvalue weighted by Crippen LogP contribution is 2.35. The minimum absolute atomic E-state index is 0.0823. The van der Waals surface area contributed by atoms with E-state index >= 15 is 0 Å². The Kier molecular flexibility index (Phi) is 3.56. The highest BCUT2D eigenvalue weighted by Gasteiger charge is 2.23. The minimum atomic E-state index is 0.0823. The summed E-state index contributed by atoms with van der Waals surface area (Å²) in [6.07, 6.45) is 2.18. The molecule has 1 aliphatic heterocycles. The molecule has 3 heteroatoms. The second-order valence-electron chi connectivity index (χ2n) is 4.40. The van der Waals surface area contributed by atoms with Gasteiger partial charge in [-0.3, -0.25) is 0 Å². The van der Waals surface area contributed by atoms with E-state index in [-0.39, 0.29) is 6.10 Å². The van der Waals surface area contributed by atoms with E-state index in [1.54, 1.807) is 11.8 Å². The van der Waals surface area contributed by atoms with E-state index in [1.807, 2.05) is 48.5 Å². The van der Waals surface area contributed by atoms with Gasteiger partial charge in [-0.15, -0.1) is 0 Å². The van der Waals surface area contributed by atoms with Crippen molar-refractivity contribution in [2.75, 3.05) is 12.0 Å². The molecule has 2 nitrogen and oxygen atoms in total. The van der Waals surface area contributed by atoms with Crippen LogP contribution in [0, 0.1) is 0 Å². The van der Waals surface area contributed by atoms with Gasteiger partial charge in [-0.25, -0.2) is 4.99 Å². The lowest BCUT2D eigenvalue weighted by Crippen LogP contribution is -2.18. The van der Waals surface area contributed by atoms with Gasteiger partial charge < -0.3 is 4.74 Å². The van der Waals surface area contributed by atoms with Crippen LogP contribution in [-0.2, 0) is 4.74 Å². The van der Waals surface area contributed by atoms with Gasteiger partial charge in [-0.1, -0.05) is 36.4 Å². The summed E-state index contributed by atoms with van der Waals surface area (Å²) in [7, 11) is 0. The predicted molar refractivity (Wildman–Crippen MR) is 81.3 cm³/mol. The van der Waals surface area contributed by atoms with Crippen LogP contribution < -0.4 is 0 Å². The third-order valence-corrected chi connectivity index (χ3v) is 3.73. The molecule has 0 bridgehead atoms. The van der Waals surface area contributed by atoms with Crippen molar-refractivity contribution in [2.24, 2.45) is 4.99 Å². The average Bonchev–Trinajstić information content (AvgIpc) is 2.48. The second-order valence-corrected chi connectivity index (χ2v) is 5.31. The van der Waals surface area contributed by atoms with Crippen LogP contribution in [0.25, 0.3) is 0 Å². The summed E-state index contributed by atoms with van der Waals surface area (Å²) in [6, 6.07) is 18.3. The highest BCUT2D eigenvalue weighted by molar-refractivity contribution is 7.98. The highest BCUT2D eigenvalue weighted by atomic mass is 32.2. The summed E-state index contributed by atoms with van der Waals surface area (Å²) >= 11 is 1.79. The van der Waals surface area contributed by atoms with E-state index in [0.29, 0.717) is 0 Å². The maximum Gasteiger partial charge on any atom is 0.221 e. The first kappa shape index (κ1) is 12.3. The Bertz CT molecular complexity index is 595. The zero-order valence-corrected chi connectivity index (χ0v) is 11.6. The largest absolute Gasteiger partial charge is 0.468 e. The molecular weight excluding hydrogens is 254 g/mol. The molecule has 1 aliphatic rings. The third kappa shape index (κ3) is 2.51. The fourth-order valence-corrected chi connectivity index (χ4v) is 2.73. The molecule has 96 valence electrons. The Morgan fingerprint density at radius 2 is 1.79 bits per heavy atom. The lowest BCUT2D eigenvalue weighted by molar-refractivity contribution is 0.214. The third-order valence-electron chi connectivity index (χ3n) is 3.10. The zero-order chi connectivity index (χ0) is 13.1. The van der Waals surface area contributed by atoms with Crippen LogP contribution in [0.5, 0.6) is 0 Å². The molecule has 0 amide bonds. The first-order chi connectivity index (χ1) is 9.38. The molecule has 0 saturated heterocycles. The van der Waals surface area contributed by atoms with Crippen molar-refractivity contribution < 1.29 is 4.74 Å². The second kappa shape index (κ2) is 5.49. The van der Waals surface area contributed by atoms with Crippen LogP contribution in [-0.4, -0.2) is 17.9 Å². The average molecular weight is 269 g/mol. The lowest BCUT2D eigenvalue weighted by atomic mass is 10.1. The van der Waals surface area contributed by atoms with Crippen LogP contribution >= 0.6 is 11.8 Å². The van der Waals surface area contributed by atoms with E-state index in [1.165, 1.54) is 5.56 Å². The summed E-state index contributed by atoms with van der Waals surface area (Å²) in [5.74, 6) is 1.65. The van der Waals surface area contributed by atoms with Crippen LogP contribution in [0.15, 0.2) is 59.6 Å². The SMILES string of the molecule is CSCC1OC(c2ccccc2)=Nc2ccccc21. The molecule has 0 aromatic heterocycles. The number of para-hydroxylation sites is 1. The van der Waals surface area contributed by atoms with Gasteiger partial charge >= 0.3 is 0 Å². The van der Waals surface area contributed by atoms with E-state index in [4.69, 9.17) is 4.74 Å². The predicted octanol–water partition coefficient (Wildman–Crippen LogP) is 4.20. The molecule has 0 N–H and O–H groups in total. The van der Waals surface area contributed by atoms with Gasteiger partial charge in [0.2, 0.25) is 5.90 Å². The maximum absolute atomic E-state index is 6.07. The molecule has 2 aromatic rings. The number of fused-ring (bicyclic) bond motifs is 1. The Balaban J connectivity index is 2.03. The van der Waals surface area contributed by atoms with Crippen LogP contribution in [0.4, 0.5) is 5.69 Å². The molecule has 0 saturated carbocycles. The Morgan fingerprint density at radius 3 is 2.58 bits per heavy atom. The number of thioether (sulfide) groups is 1. The van der Waals surface area contributed by atoms with Gasteiger partial charge in [0.15, 0.2) is 0 Å². The number of ether oxygens (including phenoxy) is 1. The monoisotopic (exact) mass is 269 g/mol. The van der Waals surface area contributed by atoms with Crippen LogP contribution in [0.1, 0.15) is 17.2 Å².